The number of nitrogens with one attached hydrogen (secondary N) is 4. The number of piperidine rings is 1. The number of aliphatic hydroxyl groups excluding tert-OH is 1. The lowest BCUT2D eigenvalue weighted by Crippen LogP contribution is -2.59. The predicted octanol–water partition coefficient (Wildman–Crippen LogP) is -1.21. The van der Waals surface area contributed by atoms with E-state index in [1.807, 2.05) is 14.0 Å². The van der Waals surface area contributed by atoms with Crippen molar-refractivity contribution in [2.24, 2.45) is 11.8 Å². The fourth-order valence-corrected chi connectivity index (χ4v) is 7.04. The van der Waals surface area contributed by atoms with Crippen molar-refractivity contribution in [2.75, 3.05) is 33.2 Å². The summed E-state index contributed by atoms with van der Waals surface area (Å²) in [6.07, 6.45) is 4.39. The average Bonchev–Trinajstić information content (AvgIpc) is 3.30. The number of rotatable bonds is 5. The summed E-state index contributed by atoms with van der Waals surface area (Å²) in [5.41, 5.74) is 6.70. The van der Waals surface area contributed by atoms with E-state index in [-0.39, 0.29) is 35.5 Å². The lowest BCUT2D eigenvalue weighted by atomic mass is 9.82. The van der Waals surface area contributed by atoms with Gasteiger partial charge in [0.1, 0.15) is 0 Å². The van der Waals surface area contributed by atoms with E-state index in [2.05, 4.69) is 30.9 Å². The molecule has 0 aromatic carbocycles. The second-order valence-electron chi connectivity index (χ2n) is 9.06. The maximum absolute atomic E-state index is 13.1. The monoisotopic (exact) mass is 416 g/mol. The van der Waals surface area contributed by atoms with E-state index in [0.717, 1.165) is 38.9 Å². The number of sulfonamides is 1. The Balaban J connectivity index is 1.31. The molecular formula is C18H36N6O3S. The van der Waals surface area contributed by atoms with Crippen LogP contribution in [0.2, 0.25) is 0 Å². The van der Waals surface area contributed by atoms with Crippen LogP contribution < -0.4 is 20.9 Å². The number of nitrogens with zero attached hydrogens (tertiary/aromatic N) is 2. The van der Waals surface area contributed by atoms with E-state index in [1.165, 1.54) is 6.42 Å². The van der Waals surface area contributed by atoms with Crippen LogP contribution in [0.3, 0.4) is 0 Å². The van der Waals surface area contributed by atoms with Crippen molar-refractivity contribution in [2.45, 2.75) is 68.6 Å². The van der Waals surface area contributed by atoms with Gasteiger partial charge in [0.2, 0.25) is 10.0 Å². The summed E-state index contributed by atoms with van der Waals surface area (Å²) in [5.74, 6) is 0.754. The Kier molecular flexibility index (Phi) is 6.30. The molecule has 0 spiro atoms. The van der Waals surface area contributed by atoms with Crippen LogP contribution in [0.15, 0.2) is 0 Å². The third-order valence-electron chi connectivity index (χ3n) is 7.18. The van der Waals surface area contributed by atoms with Crippen molar-refractivity contribution in [1.29, 1.82) is 0 Å². The van der Waals surface area contributed by atoms with Gasteiger partial charge in [-0.2, -0.15) is 0 Å². The summed E-state index contributed by atoms with van der Waals surface area (Å²) in [6, 6.07) is 0.243. The van der Waals surface area contributed by atoms with E-state index >= 15 is 0 Å². The predicted molar refractivity (Wildman–Crippen MR) is 107 cm³/mol. The molecule has 4 rings (SSSR count). The Hall–Kier alpha value is -0.330. The van der Waals surface area contributed by atoms with Crippen LogP contribution in [-0.4, -0.2) is 86.4 Å². The second kappa shape index (κ2) is 8.43. The van der Waals surface area contributed by atoms with Crippen LogP contribution in [0.5, 0.6) is 0 Å². The van der Waals surface area contributed by atoms with E-state index in [1.54, 1.807) is 0 Å². The maximum Gasteiger partial charge on any atom is 0.216 e. The topological polar surface area (TPSA) is 109 Å². The van der Waals surface area contributed by atoms with Gasteiger partial charge in [0.25, 0.3) is 0 Å². The number of hydrazine groups is 2. The minimum Gasteiger partial charge on any atom is -0.393 e. The molecule has 7 atom stereocenters. The van der Waals surface area contributed by atoms with Gasteiger partial charge in [0.05, 0.1) is 17.5 Å². The lowest BCUT2D eigenvalue weighted by molar-refractivity contribution is 0.0967. The first kappa shape index (κ1) is 20.9. The number of fused-ring (bicyclic) bond motifs is 1. The summed E-state index contributed by atoms with van der Waals surface area (Å²) in [5, 5.41) is 17.0. The number of hydrogen-bond acceptors (Lipinski definition) is 8. The number of likely N-dealkylation sites (N-methyl/N-ethyl adjacent to an activating group) is 1. The smallest absolute Gasteiger partial charge is 0.216 e. The molecule has 4 aliphatic rings. The van der Waals surface area contributed by atoms with Crippen LogP contribution in [0.4, 0.5) is 0 Å². The van der Waals surface area contributed by atoms with Gasteiger partial charge in [0, 0.05) is 51.2 Å². The summed E-state index contributed by atoms with van der Waals surface area (Å²) in [4.78, 5) is 0. The van der Waals surface area contributed by atoms with E-state index in [0.29, 0.717) is 18.9 Å². The van der Waals surface area contributed by atoms with Crippen molar-refractivity contribution in [3.8, 4) is 0 Å². The van der Waals surface area contributed by atoms with Crippen molar-refractivity contribution in [3.63, 3.8) is 0 Å². The molecule has 0 bridgehead atoms. The van der Waals surface area contributed by atoms with Gasteiger partial charge in [-0.15, -0.1) is 0 Å². The number of aliphatic hydroxyl groups is 1. The molecule has 1 aliphatic carbocycles. The molecule has 10 heteroatoms. The molecule has 0 aromatic heterocycles. The van der Waals surface area contributed by atoms with E-state index < -0.39 is 10.0 Å². The fourth-order valence-electron chi connectivity index (χ4n) is 5.40. The van der Waals surface area contributed by atoms with Gasteiger partial charge >= 0.3 is 0 Å². The van der Waals surface area contributed by atoms with E-state index in [4.69, 9.17) is 0 Å². The van der Waals surface area contributed by atoms with Crippen LogP contribution in [0, 0.1) is 11.8 Å². The van der Waals surface area contributed by atoms with Gasteiger partial charge in [-0.3, -0.25) is 16.2 Å². The third kappa shape index (κ3) is 4.24. The first-order valence-corrected chi connectivity index (χ1v) is 12.3. The molecule has 162 valence electrons. The first-order chi connectivity index (χ1) is 13.3. The first-order valence-electron chi connectivity index (χ1n) is 10.7. The molecular weight excluding hydrogens is 380 g/mol. The SMILES string of the molecule is CC(O)C1CNN(C2CCC(S(=O)(=O)NC3CCCC4CNN(C)C43)CN2)C1. The van der Waals surface area contributed by atoms with Crippen molar-refractivity contribution in [3.05, 3.63) is 0 Å². The van der Waals surface area contributed by atoms with Gasteiger partial charge in [0.15, 0.2) is 0 Å². The summed E-state index contributed by atoms with van der Waals surface area (Å²) in [6.45, 7) is 4.79. The maximum atomic E-state index is 13.1. The van der Waals surface area contributed by atoms with Gasteiger partial charge < -0.3 is 5.11 Å². The fraction of sp³-hybridized carbons (Fsp3) is 1.00. The van der Waals surface area contributed by atoms with E-state index in [9.17, 15) is 13.5 Å². The van der Waals surface area contributed by atoms with Crippen molar-refractivity contribution < 1.29 is 13.5 Å². The molecule has 7 unspecified atom stereocenters. The van der Waals surface area contributed by atoms with Crippen molar-refractivity contribution >= 4 is 10.0 Å². The van der Waals surface area contributed by atoms with Gasteiger partial charge in [-0.05, 0) is 38.5 Å². The Morgan fingerprint density at radius 1 is 1.11 bits per heavy atom. The summed E-state index contributed by atoms with van der Waals surface area (Å²) < 4.78 is 29.2. The summed E-state index contributed by atoms with van der Waals surface area (Å²) >= 11 is 0. The van der Waals surface area contributed by atoms with Crippen LogP contribution in [-0.2, 0) is 10.0 Å². The molecule has 1 saturated carbocycles. The zero-order valence-electron chi connectivity index (χ0n) is 17.0. The standard InChI is InChI=1S/C18H36N6O3S/c1-12(25)14-9-21-24(11-14)17-7-6-15(10-19-17)28(26,27)22-16-5-3-4-13-8-20-23(2)18(13)16/h12-22,25H,3-11H2,1-2H3. The van der Waals surface area contributed by atoms with Crippen molar-refractivity contribution in [1.82, 2.24) is 30.9 Å². The lowest BCUT2D eigenvalue weighted by Gasteiger charge is -2.39. The van der Waals surface area contributed by atoms with Gasteiger partial charge in [-0.25, -0.2) is 23.2 Å². The molecule has 0 radical (unpaired) electrons. The molecule has 5 N–H and O–H groups in total. The minimum atomic E-state index is -3.36. The normalized spacial score (nSPS) is 41.8. The quantitative estimate of drug-likeness (QED) is 0.380. The zero-order valence-corrected chi connectivity index (χ0v) is 17.8. The highest BCUT2D eigenvalue weighted by atomic mass is 32.2. The highest BCUT2D eigenvalue weighted by Crippen LogP contribution is 2.31. The molecule has 4 fully saturated rings. The second-order valence-corrected chi connectivity index (χ2v) is 11.1. The Morgan fingerprint density at radius 2 is 1.93 bits per heavy atom. The molecule has 0 amide bonds. The van der Waals surface area contributed by atoms with Crippen LogP contribution in [0.25, 0.3) is 0 Å². The molecule has 3 saturated heterocycles. The molecule has 3 heterocycles. The molecule has 3 aliphatic heterocycles. The molecule has 0 aromatic rings. The van der Waals surface area contributed by atoms with Gasteiger partial charge in [-0.1, -0.05) is 6.42 Å². The van der Waals surface area contributed by atoms with Crippen LogP contribution in [0.1, 0.15) is 39.0 Å². The Bertz CT molecular complexity index is 637. The Morgan fingerprint density at radius 3 is 2.61 bits per heavy atom. The minimum absolute atomic E-state index is 0.00600. The molecule has 9 nitrogen and oxygen atoms in total. The Labute approximate surface area is 168 Å². The number of hydrogen-bond donors (Lipinski definition) is 5. The molecule has 28 heavy (non-hydrogen) atoms. The largest absolute Gasteiger partial charge is 0.393 e. The average molecular weight is 417 g/mol. The highest BCUT2D eigenvalue weighted by molar-refractivity contribution is 7.90. The summed E-state index contributed by atoms with van der Waals surface area (Å²) in [7, 11) is -1.34. The van der Waals surface area contributed by atoms with Crippen LogP contribution >= 0.6 is 0 Å². The highest BCUT2D eigenvalue weighted by Gasteiger charge is 2.43. The zero-order chi connectivity index (χ0) is 19.9. The third-order valence-corrected chi connectivity index (χ3v) is 9.09.